The summed E-state index contributed by atoms with van der Waals surface area (Å²) < 4.78 is 88.3. The summed E-state index contributed by atoms with van der Waals surface area (Å²) in [6, 6.07) is 7.31. The molecule has 0 unspecified atom stereocenters. The van der Waals surface area contributed by atoms with Gasteiger partial charge in [-0.1, -0.05) is 23.2 Å². The molecule has 14 heteroatoms. The van der Waals surface area contributed by atoms with Crippen molar-refractivity contribution < 1.29 is 30.7 Å². The van der Waals surface area contributed by atoms with Crippen LogP contribution in [-0.4, -0.2) is 33.4 Å². The molecule has 0 amide bonds. The molecule has 2 heterocycles. The van der Waals surface area contributed by atoms with Gasteiger partial charge in [0.25, 0.3) is 10.0 Å². The van der Waals surface area contributed by atoms with Crippen LogP contribution in [0.5, 0.6) is 5.75 Å². The maximum atomic E-state index is 14.2. The topological polar surface area (TPSA) is 83.9 Å². The van der Waals surface area contributed by atoms with Gasteiger partial charge >= 0.3 is 6.18 Å². The van der Waals surface area contributed by atoms with Crippen LogP contribution in [0.25, 0.3) is 5.70 Å². The number of hydrogen-bond donors (Lipinski definition) is 1. The molecule has 1 N–H and O–H groups in total. The highest BCUT2D eigenvalue weighted by atomic mass is 35.5. The third kappa shape index (κ3) is 5.57. The van der Waals surface area contributed by atoms with Crippen molar-refractivity contribution in [3.8, 4) is 5.75 Å². The van der Waals surface area contributed by atoms with Crippen LogP contribution in [0.2, 0.25) is 10.0 Å². The summed E-state index contributed by atoms with van der Waals surface area (Å²) in [6.45, 7) is 1.93. The lowest BCUT2D eigenvalue weighted by molar-refractivity contribution is -0.137. The number of methoxy groups -OCH3 is 1. The van der Waals surface area contributed by atoms with E-state index in [1.54, 1.807) is 6.92 Å². The summed E-state index contributed by atoms with van der Waals surface area (Å²) in [6.07, 6.45) is -2.20. The van der Waals surface area contributed by atoms with Crippen molar-refractivity contribution in [3.63, 3.8) is 0 Å². The number of rotatable bonds is 6. The van der Waals surface area contributed by atoms with E-state index in [4.69, 9.17) is 27.9 Å². The maximum absolute atomic E-state index is 14.2. The van der Waals surface area contributed by atoms with E-state index >= 15 is 0 Å². The van der Waals surface area contributed by atoms with Gasteiger partial charge < -0.3 is 4.74 Å². The number of alkyl halides is 3. The summed E-state index contributed by atoms with van der Waals surface area (Å²) in [4.78, 5) is 9.35. The normalized spacial score (nSPS) is 14.2. The van der Waals surface area contributed by atoms with Gasteiger partial charge in [-0.3, -0.25) is 19.6 Å². The Morgan fingerprint density at radius 2 is 1.84 bits per heavy atom. The Morgan fingerprint density at radius 3 is 2.53 bits per heavy atom. The number of pyridine rings is 1. The lowest BCUT2D eigenvalue weighted by Crippen LogP contribution is -2.27. The van der Waals surface area contributed by atoms with Crippen LogP contribution in [0.15, 0.2) is 64.1 Å². The third-order valence-electron chi connectivity index (χ3n) is 5.45. The monoisotopic (exact) mass is 588 g/mol. The zero-order valence-corrected chi connectivity index (χ0v) is 22.0. The van der Waals surface area contributed by atoms with E-state index in [1.165, 1.54) is 48.8 Å². The van der Waals surface area contributed by atoms with Gasteiger partial charge in [0.2, 0.25) is 0 Å². The summed E-state index contributed by atoms with van der Waals surface area (Å²) in [5, 5.41) is -0.598. The molecular weight excluding hydrogens is 571 g/mol. The second-order valence-electron chi connectivity index (χ2n) is 8.07. The van der Waals surface area contributed by atoms with Gasteiger partial charge in [-0.05, 0) is 48.9 Å². The fourth-order valence-electron chi connectivity index (χ4n) is 3.75. The van der Waals surface area contributed by atoms with Gasteiger partial charge in [0, 0.05) is 12.3 Å². The summed E-state index contributed by atoms with van der Waals surface area (Å²) >= 11 is 11.7. The first-order valence-corrected chi connectivity index (χ1v) is 12.9. The summed E-state index contributed by atoms with van der Waals surface area (Å²) in [7, 11) is -3.18. The molecule has 0 spiro atoms. The number of aromatic nitrogens is 1. The average Bonchev–Trinajstić information content (AvgIpc) is 2.83. The van der Waals surface area contributed by atoms with E-state index in [-0.39, 0.29) is 28.6 Å². The quantitative estimate of drug-likeness (QED) is 0.326. The number of benzene rings is 2. The summed E-state index contributed by atoms with van der Waals surface area (Å²) in [5.74, 6) is -0.271. The second kappa shape index (κ2) is 10.4. The van der Waals surface area contributed by atoms with E-state index in [0.29, 0.717) is 23.1 Å². The van der Waals surface area contributed by atoms with Crippen LogP contribution in [0, 0.1) is 5.82 Å². The highest BCUT2D eigenvalue weighted by molar-refractivity contribution is 7.92. The van der Waals surface area contributed by atoms with Gasteiger partial charge in [0.1, 0.15) is 17.3 Å². The van der Waals surface area contributed by atoms with Crippen LogP contribution in [-0.2, 0) is 16.2 Å². The predicted molar refractivity (Wildman–Crippen MR) is 138 cm³/mol. The van der Waals surface area contributed by atoms with E-state index in [9.17, 15) is 26.0 Å². The van der Waals surface area contributed by atoms with Gasteiger partial charge in [0.15, 0.2) is 0 Å². The standard InChI is InChI=1S/C24H18Cl2F4N4O3S/c1-13-10-31-12-34(20-8-15(27)3-6-21(20)37-2)23(13)22-19(7-14(25)11-32-22)33-38(35,36)16-4-5-18(26)17(9-16)24(28,29)30/h3-9,11-12,33H,10H2,1-2H3. The molecule has 1 aromatic heterocycles. The molecule has 7 nitrogen and oxygen atoms in total. The van der Waals surface area contributed by atoms with E-state index in [1.807, 2.05) is 0 Å². The number of aliphatic imine (C=N–C) groups is 1. The Balaban J connectivity index is 1.84. The third-order valence-corrected chi connectivity index (χ3v) is 7.35. The SMILES string of the molecule is COc1ccc(F)cc1N1C=NCC(C)=C1c1ncc(Cl)cc1NS(=O)(=O)c1ccc(Cl)c(C(F)(F)F)c1. The zero-order chi connectivity index (χ0) is 27.8. The maximum Gasteiger partial charge on any atom is 0.417 e. The first-order chi connectivity index (χ1) is 17.8. The lowest BCUT2D eigenvalue weighted by Gasteiger charge is -2.30. The Hall–Kier alpha value is -3.35. The second-order valence-corrected chi connectivity index (χ2v) is 10.6. The molecule has 0 saturated heterocycles. The highest BCUT2D eigenvalue weighted by Crippen LogP contribution is 2.40. The molecule has 0 aliphatic carbocycles. The largest absolute Gasteiger partial charge is 0.495 e. The molecule has 200 valence electrons. The Bertz CT molecular complexity index is 1580. The van der Waals surface area contributed by atoms with Gasteiger partial charge in [-0.25, -0.2) is 12.8 Å². The molecule has 1 aliphatic heterocycles. The number of sulfonamides is 1. The van der Waals surface area contributed by atoms with Crippen molar-refractivity contribution in [2.45, 2.75) is 18.0 Å². The average molecular weight is 589 g/mol. The smallest absolute Gasteiger partial charge is 0.417 e. The van der Waals surface area contributed by atoms with Crippen LogP contribution in [0.1, 0.15) is 18.2 Å². The molecule has 0 bridgehead atoms. The van der Waals surface area contributed by atoms with Crippen LogP contribution < -0.4 is 14.4 Å². The van der Waals surface area contributed by atoms with Crippen molar-refractivity contribution in [2.75, 3.05) is 23.3 Å². The van der Waals surface area contributed by atoms with Gasteiger partial charge in [-0.15, -0.1) is 0 Å². The minimum Gasteiger partial charge on any atom is -0.495 e. The van der Waals surface area contributed by atoms with E-state index in [2.05, 4.69) is 14.7 Å². The summed E-state index contributed by atoms with van der Waals surface area (Å²) in [5.41, 5.74) is -0.157. The number of nitrogens with zero attached hydrogens (tertiary/aromatic N) is 3. The van der Waals surface area contributed by atoms with Crippen LogP contribution >= 0.6 is 23.2 Å². The Kier molecular flexibility index (Phi) is 7.60. The first-order valence-electron chi connectivity index (χ1n) is 10.7. The predicted octanol–water partition coefficient (Wildman–Crippen LogP) is 6.64. The molecule has 1 aliphatic rings. The minimum atomic E-state index is -4.88. The Labute approximate surface area is 225 Å². The molecule has 38 heavy (non-hydrogen) atoms. The fourth-order valence-corrected chi connectivity index (χ4v) is 5.21. The number of hydrogen-bond acceptors (Lipinski definition) is 6. The lowest BCUT2D eigenvalue weighted by atomic mass is 10.1. The van der Waals surface area contributed by atoms with Crippen LogP contribution in [0.4, 0.5) is 28.9 Å². The molecule has 4 rings (SSSR count). The van der Waals surface area contributed by atoms with Gasteiger partial charge in [-0.2, -0.15) is 13.2 Å². The molecule has 0 saturated carbocycles. The minimum absolute atomic E-state index is 0.0520. The van der Waals surface area contributed by atoms with Crippen molar-refractivity contribution in [3.05, 3.63) is 81.4 Å². The number of halogens is 6. The number of nitrogens with one attached hydrogen (secondary N) is 1. The van der Waals surface area contributed by atoms with Gasteiger partial charge in [0.05, 0.1) is 57.6 Å². The number of ether oxygens (including phenoxy) is 1. The fraction of sp³-hybridized carbons (Fsp3) is 0.167. The molecule has 2 aromatic carbocycles. The van der Waals surface area contributed by atoms with Crippen molar-refractivity contribution in [2.24, 2.45) is 4.99 Å². The molecule has 3 aromatic rings. The molecule has 0 fully saturated rings. The van der Waals surface area contributed by atoms with Crippen molar-refractivity contribution >= 4 is 56.6 Å². The molecule has 0 atom stereocenters. The van der Waals surface area contributed by atoms with Crippen molar-refractivity contribution in [1.82, 2.24) is 4.98 Å². The molecule has 0 radical (unpaired) electrons. The molecular formula is C24H18Cl2F4N4O3S. The Morgan fingerprint density at radius 1 is 1.11 bits per heavy atom. The van der Waals surface area contributed by atoms with Crippen molar-refractivity contribution in [1.29, 1.82) is 0 Å². The highest BCUT2D eigenvalue weighted by Gasteiger charge is 2.35. The first kappa shape index (κ1) is 27.7. The van der Waals surface area contributed by atoms with Crippen LogP contribution in [0.3, 0.4) is 0 Å². The number of anilines is 2. The van der Waals surface area contributed by atoms with E-state index in [0.717, 1.165) is 12.1 Å². The van der Waals surface area contributed by atoms with E-state index < -0.39 is 37.5 Å². The zero-order valence-electron chi connectivity index (χ0n) is 19.6.